The van der Waals surface area contributed by atoms with E-state index >= 15 is 0 Å². The van der Waals surface area contributed by atoms with Gasteiger partial charge in [-0.15, -0.1) is 18.3 Å². The van der Waals surface area contributed by atoms with Gasteiger partial charge in [0.25, 0.3) is 0 Å². The SMILES string of the molecule is C=CCNC(=O)C(C)SCCOc1ccccc1. The van der Waals surface area contributed by atoms with Gasteiger partial charge in [0.2, 0.25) is 5.91 Å². The van der Waals surface area contributed by atoms with Crippen molar-refractivity contribution in [3.05, 3.63) is 43.0 Å². The third kappa shape index (κ3) is 5.77. The van der Waals surface area contributed by atoms with Gasteiger partial charge in [0.15, 0.2) is 0 Å². The summed E-state index contributed by atoms with van der Waals surface area (Å²) in [5, 5.41) is 2.71. The Kier molecular flexibility index (Phi) is 7.03. The second-order valence-electron chi connectivity index (χ2n) is 3.71. The first-order valence-corrected chi connectivity index (χ1v) is 6.97. The summed E-state index contributed by atoms with van der Waals surface area (Å²) in [6, 6.07) is 9.67. The van der Waals surface area contributed by atoms with Gasteiger partial charge in [0, 0.05) is 12.3 Å². The topological polar surface area (TPSA) is 38.3 Å². The molecule has 0 aliphatic rings. The Hall–Kier alpha value is -1.42. The van der Waals surface area contributed by atoms with Gasteiger partial charge in [-0.3, -0.25) is 4.79 Å². The van der Waals surface area contributed by atoms with Crippen molar-refractivity contribution in [1.82, 2.24) is 5.32 Å². The standard InChI is InChI=1S/C14H19NO2S/c1-3-9-15-14(16)12(2)18-11-10-17-13-7-5-4-6-8-13/h3-8,12H,1,9-11H2,2H3,(H,15,16). The van der Waals surface area contributed by atoms with Gasteiger partial charge < -0.3 is 10.1 Å². The molecule has 0 aliphatic heterocycles. The molecule has 1 aromatic carbocycles. The predicted molar refractivity (Wildman–Crippen MR) is 77.1 cm³/mol. The van der Waals surface area contributed by atoms with Crippen molar-refractivity contribution in [2.24, 2.45) is 0 Å². The molecule has 3 nitrogen and oxygen atoms in total. The van der Waals surface area contributed by atoms with Gasteiger partial charge in [0.05, 0.1) is 11.9 Å². The van der Waals surface area contributed by atoms with Crippen molar-refractivity contribution in [2.45, 2.75) is 12.2 Å². The maximum atomic E-state index is 11.5. The van der Waals surface area contributed by atoms with E-state index in [4.69, 9.17) is 4.74 Å². The zero-order chi connectivity index (χ0) is 13.2. The maximum Gasteiger partial charge on any atom is 0.233 e. The largest absolute Gasteiger partial charge is 0.493 e. The molecule has 0 saturated heterocycles. The Morgan fingerprint density at radius 1 is 1.50 bits per heavy atom. The molecule has 0 radical (unpaired) electrons. The van der Waals surface area contributed by atoms with Crippen LogP contribution < -0.4 is 10.1 Å². The fraction of sp³-hybridized carbons (Fsp3) is 0.357. The average molecular weight is 265 g/mol. The molecule has 0 spiro atoms. The smallest absolute Gasteiger partial charge is 0.233 e. The summed E-state index contributed by atoms with van der Waals surface area (Å²) in [6.45, 7) is 6.58. The lowest BCUT2D eigenvalue weighted by molar-refractivity contribution is -0.120. The number of para-hydroxylation sites is 1. The molecule has 1 amide bonds. The predicted octanol–water partition coefficient (Wildman–Crippen LogP) is 2.49. The summed E-state index contributed by atoms with van der Waals surface area (Å²) in [5.41, 5.74) is 0. The van der Waals surface area contributed by atoms with E-state index in [-0.39, 0.29) is 11.2 Å². The maximum absolute atomic E-state index is 11.5. The van der Waals surface area contributed by atoms with Crippen LogP contribution in [0.25, 0.3) is 0 Å². The second-order valence-corrected chi connectivity index (χ2v) is 5.16. The molecule has 98 valence electrons. The molecule has 18 heavy (non-hydrogen) atoms. The number of ether oxygens (including phenoxy) is 1. The van der Waals surface area contributed by atoms with Gasteiger partial charge in [0.1, 0.15) is 5.75 Å². The molecule has 1 aromatic rings. The third-order valence-electron chi connectivity index (χ3n) is 2.25. The molecule has 1 N–H and O–H groups in total. The summed E-state index contributed by atoms with van der Waals surface area (Å²) >= 11 is 1.58. The molecule has 1 atom stereocenters. The first-order valence-electron chi connectivity index (χ1n) is 5.92. The van der Waals surface area contributed by atoms with E-state index in [0.717, 1.165) is 11.5 Å². The number of thioether (sulfide) groups is 1. The van der Waals surface area contributed by atoms with Crippen LogP contribution in [0.1, 0.15) is 6.92 Å². The highest BCUT2D eigenvalue weighted by atomic mass is 32.2. The van der Waals surface area contributed by atoms with E-state index in [1.54, 1.807) is 17.8 Å². The highest BCUT2D eigenvalue weighted by Gasteiger charge is 2.11. The molecule has 0 saturated carbocycles. The monoisotopic (exact) mass is 265 g/mol. The fourth-order valence-electron chi connectivity index (χ4n) is 1.29. The van der Waals surface area contributed by atoms with Crippen LogP contribution in [0.4, 0.5) is 0 Å². The van der Waals surface area contributed by atoms with Crippen LogP contribution in [0.3, 0.4) is 0 Å². The molecule has 0 fully saturated rings. The lowest BCUT2D eigenvalue weighted by atomic mass is 10.3. The van der Waals surface area contributed by atoms with Crippen molar-refractivity contribution < 1.29 is 9.53 Å². The van der Waals surface area contributed by atoms with Gasteiger partial charge in [-0.1, -0.05) is 24.3 Å². The first kappa shape index (κ1) is 14.6. The third-order valence-corrected chi connectivity index (χ3v) is 3.37. The zero-order valence-electron chi connectivity index (χ0n) is 10.6. The number of amides is 1. The van der Waals surface area contributed by atoms with Crippen LogP contribution in [-0.4, -0.2) is 30.1 Å². The van der Waals surface area contributed by atoms with E-state index in [1.807, 2.05) is 37.3 Å². The Morgan fingerprint density at radius 3 is 2.89 bits per heavy atom. The lowest BCUT2D eigenvalue weighted by Gasteiger charge is -2.11. The fourth-order valence-corrected chi connectivity index (χ4v) is 2.06. The number of benzene rings is 1. The van der Waals surface area contributed by atoms with Crippen LogP contribution in [-0.2, 0) is 4.79 Å². The summed E-state index contributed by atoms with van der Waals surface area (Å²) in [5.74, 6) is 1.69. The van der Waals surface area contributed by atoms with Crippen molar-refractivity contribution in [2.75, 3.05) is 18.9 Å². The van der Waals surface area contributed by atoms with Gasteiger partial charge >= 0.3 is 0 Å². The van der Waals surface area contributed by atoms with E-state index in [1.165, 1.54) is 0 Å². The second kappa shape index (κ2) is 8.64. The summed E-state index contributed by atoms with van der Waals surface area (Å²) in [4.78, 5) is 11.5. The normalized spacial score (nSPS) is 11.6. The molecule has 0 aromatic heterocycles. The minimum Gasteiger partial charge on any atom is -0.493 e. The highest BCUT2D eigenvalue weighted by Crippen LogP contribution is 2.12. The zero-order valence-corrected chi connectivity index (χ0v) is 11.4. The van der Waals surface area contributed by atoms with Crippen LogP contribution in [0.5, 0.6) is 5.75 Å². The summed E-state index contributed by atoms with van der Waals surface area (Å²) < 4.78 is 5.55. The molecule has 4 heteroatoms. The Morgan fingerprint density at radius 2 is 2.22 bits per heavy atom. The highest BCUT2D eigenvalue weighted by molar-refractivity contribution is 8.00. The molecule has 0 bridgehead atoms. The average Bonchev–Trinajstić information content (AvgIpc) is 2.41. The van der Waals surface area contributed by atoms with Crippen LogP contribution in [0, 0.1) is 0 Å². The Balaban J connectivity index is 2.14. The van der Waals surface area contributed by atoms with Crippen molar-refractivity contribution in [1.29, 1.82) is 0 Å². The van der Waals surface area contributed by atoms with E-state index < -0.39 is 0 Å². The van der Waals surface area contributed by atoms with Crippen molar-refractivity contribution in [3.63, 3.8) is 0 Å². The van der Waals surface area contributed by atoms with Crippen LogP contribution in [0.2, 0.25) is 0 Å². The van der Waals surface area contributed by atoms with Gasteiger partial charge in [-0.05, 0) is 19.1 Å². The summed E-state index contributed by atoms with van der Waals surface area (Å²) in [6.07, 6.45) is 1.67. The number of carbonyl (C=O) groups excluding carboxylic acids is 1. The van der Waals surface area contributed by atoms with E-state index in [9.17, 15) is 4.79 Å². The molecule has 0 heterocycles. The van der Waals surface area contributed by atoms with Gasteiger partial charge in [-0.2, -0.15) is 0 Å². The Labute approximate surface area is 113 Å². The van der Waals surface area contributed by atoms with E-state index in [2.05, 4.69) is 11.9 Å². The van der Waals surface area contributed by atoms with Crippen LogP contribution in [0.15, 0.2) is 43.0 Å². The molecule has 1 unspecified atom stereocenters. The number of hydrogen-bond donors (Lipinski definition) is 1. The molecular formula is C14H19NO2S. The first-order chi connectivity index (χ1) is 8.74. The molecule has 0 aliphatic carbocycles. The molecule has 1 rings (SSSR count). The minimum absolute atomic E-state index is 0.0413. The molecular weight excluding hydrogens is 246 g/mol. The summed E-state index contributed by atoms with van der Waals surface area (Å²) in [7, 11) is 0. The quantitative estimate of drug-likeness (QED) is 0.580. The Bertz CT molecular complexity index is 367. The van der Waals surface area contributed by atoms with Crippen molar-refractivity contribution >= 4 is 17.7 Å². The lowest BCUT2D eigenvalue weighted by Crippen LogP contribution is -2.31. The number of hydrogen-bond acceptors (Lipinski definition) is 3. The minimum atomic E-state index is -0.0654. The number of nitrogens with one attached hydrogen (secondary N) is 1. The van der Waals surface area contributed by atoms with Crippen molar-refractivity contribution in [3.8, 4) is 5.75 Å². The van der Waals surface area contributed by atoms with Gasteiger partial charge in [-0.25, -0.2) is 0 Å². The van der Waals surface area contributed by atoms with Crippen LogP contribution >= 0.6 is 11.8 Å². The van der Waals surface area contributed by atoms with E-state index in [0.29, 0.717) is 13.2 Å². The number of rotatable bonds is 8. The number of carbonyl (C=O) groups is 1.